The Morgan fingerprint density at radius 2 is 1.97 bits per heavy atom. The number of likely N-dealkylation sites (tertiary alicyclic amines) is 1. The van der Waals surface area contributed by atoms with Gasteiger partial charge in [0.2, 0.25) is 0 Å². The van der Waals surface area contributed by atoms with Crippen LogP contribution in [0.1, 0.15) is 58.9 Å². The molecule has 1 fully saturated rings. The summed E-state index contributed by atoms with van der Waals surface area (Å²) >= 11 is 0. The topological polar surface area (TPSA) is 61.0 Å². The van der Waals surface area contributed by atoms with Crippen LogP contribution >= 0.6 is 0 Å². The molecule has 4 rings (SSSR count). The van der Waals surface area contributed by atoms with Crippen molar-refractivity contribution in [2.24, 2.45) is 0 Å². The molecule has 0 aliphatic carbocycles. The van der Waals surface area contributed by atoms with Gasteiger partial charge in [-0.15, -0.1) is 0 Å². The second-order valence-corrected chi connectivity index (χ2v) is 8.07. The van der Waals surface area contributed by atoms with Gasteiger partial charge in [-0.2, -0.15) is 0 Å². The molecule has 0 bridgehead atoms. The van der Waals surface area contributed by atoms with Gasteiger partial charge in [-0.05, 0) is 68.9 Å². The Morgan fingerprint density at radius 1 is 1.17 bits per heavy atom. The van der Waals surface area contributed by atoms with E-state index in [9.17, 15) is 4.79 Å². The van der Waals surface area contributed by atoms with Crippen molar-refractivity contribution >= 4 is 22.6 Å². The zero-order valence-corrected chi connectivity index (χ0v) is 17.6. The van der Waals surface area contributed by atoms with E-state index in [0.717, 1.165) is 38.2 Å². The first-order valence-electron chi connectivity index (χ1n) is 10.7. The van der Waals surface area contributed by atoms with E-state index in [-0.39, 0.29) is 5.91 Å². The van der Waals surface area contributed by atoms with Crippen molar-refractivity contribution in [3.8, 4) is 0 Å². The van der Waals surface area contributed by atoms with Crippen molar-refractivity contribution in [1.29, 1.82) is 0 Å². The minimum Gasteiger partial charge on any atom is -0.366 e. The molecule has 1 saturated heterocycles. The molecule has 5 nitrogen and oxygen atoms in total. The standard InChI is InChI=1S/C24H30N4O/c1-4-21-17(3)20-13-16(2)12-19(23(20)27-21)15-26-22-9-8-18(14-25-22)24(29)28-10-6-5-7-11-28/h8-9,12-14,27H,4-7,10-11,15H2,1-3H3,(H,25,26). The van der Waals surface area contributed by atoms with Crippen molar-refractivity contribution in [3.05, 3.63) is 58.4 Å². The fraction of sp³-hybridized carbons (Fsp3) is 0.417. The van der Waals surface area contributed by atoms with E-state index in [1.807, 2.05) is 17.0 Å². The summed E-state index contributed by atoms with van der Waals surface area (Å²) in [6.07, 6.45) is 6.11. The van der Waals surface area contributed by atoms with Crippen molar-refractivity contribution in [2.45, 2.75) is 53.0 Å². The molecule has 1 amide bonds. The molecule has 1 aliphatic rings. The van der Waals surface area contributed by atoms with Crippen LogP contribution in [0.3, 0.4) is 0 Å². The smallest absolute Gasteiger partial charge is 0.255 e. The molecule has 5 heteroatoms. The van der Waals surface area contributed by atoms with Gasteiger partial charge in [-0.25, -0.2) is 4.98 Å². The summed E-state index contributed by atoms with van der Waals surface area (Å²) in [5.74, 6) is 0.881. The van der Waals surface area contributed by atoms with Gasteiger partial charge >= 0.3 is 0 Å². The average molecular weight is 391 g/mol. The van der Waals surface area contributed by atoms with E-state index in [4.69, 9.17) is 0 Å². The Balaban J connectivity index is 1.48. The summed E-state index contributed by atoms with van der Waals surface area (Å²) in [6.45, 7) is 8.91. The maximum Gasteiger partial charge on any atom is 0.255 e. The molecule has 3 aromatic rings. The quantitative estimate of drug-likeness (QED) is 0.646. The van der Waals surface area contributed by atoms with Crippen LogP contribution in [0, 0.1) is 13.8 Å². The van der Waals surface area contributed by atoms with Crippen LogP contribution in [0.15, 0.2) is 30.5 Å². The molecule has 0 atom stereocenters. The number of carbonyl (C=O) groups is 1. The zero-order valence-electron chi connectivity index (χ0n) is 17.6. The third-order valence-electron chi connectivity index (χ3n) is 5.96. The van der Waals surface area contributed by atoms with Crippen LogP contribution in [0.2, 0.25) is 0 Å². The molecule has 0 saturated carbocycles. The normalized spacial score (nSPS) is 14.4. The predicted molar refractivity (Wildman–Crippen MR) is 118 cm³/mol. The molecular formula is C24H30N4O. The fourth-order valence-electron chi connectivity index (χ4n) is 4.30. The second kappa shape index (κ2) is 8.27. The van der Waals surface area contributed by atoms with Crippen molar-refractivity contribution in [1.82, 2.24) is 14.9 Å². The number of rotatable bonds is 5. The summed E-state index contributed by atoms with van der Waals surface area (Å²) in [5, 5.41) is 4.72. The number of fused-ring (bicyclic) bond motifs is 1. The second-order valence-electron chi connectivity index (χ2n) is 8.07. The molecule has 1 aromatic carbocycles. The maximum atomic E-state index is 12.6. The highest BCUT2D eigenvalue weighted by atomic mass is 16.2. The summed E-state index contributed by atoms with van der Waals surface area (Å²) in [6, 6.07) is 8.26. The molecule has 152 valence electrons. The number of piperidine rings is 1. The van der Waals surface area contributed by atoms with E-state index in [0.29, 0.717) is 12.1 Å². The minimum atomic E-state index is 0.0955. The number of aromatic nitrogens is 2. The van der Waals surface area contributed by atoms with Crippen LogP contribution in [-0.4, -0.2) is 33.9 Å². The van der Waals surface area contributed by atoms with Gasteiger partial charge < -0.3 is 15.2 Å². The lowest BCUT2D eigenvalue weighted by Gasteiger charge is -2.26. The van der Waals surface area contributed by atoms with Crippen LogP contribution in [-0.2, 0) is 13.0 Å². The lowest BCUT2D eigenvalue weighted by molar-refractivity contribution is 0.0724. The van der Waals surface area contributed by atoms with Gasteiger partial charge in [-0.1, -0.05) is 18.6 Å². The lowest BCUT2D eigenvalue weighted by Crippen LogP contribution is -2.35. The van der Waals surface area contributed by atoms with Crippen LogP contribution in [0.25, 0.3) is 10.9 Å². The highest BCUT2D eigenvalue weighted by Crippen LogP contribution is 2.27. The van der Waals surface area contributed by atoms with E-state index in [2.05, 4.69) is 48.2 Å². The van der Waals surface area contributed by atoms with Gasteiger partial charge in [0.15, 0.2) is 0 Å². The molecule has 0 radical (unpaired) electrons. The van der Waals surface area contributed by atoms with Gasteiger partial charge in [0.25, 0.3) is 5.91 Å². The van der Waals surface area contributed by atoms with Gasteiger partial charge in [0, 0.05) is 36.9 Å². The molecule has 3 heterocycles. The number of nitrogens with zero attached hydrogens (tertiary/aromatic N) is 2. The highest BCUT2D eigenvalue weighted by Gasteiger charge is 2.18. The van der Waals surface area contributed by atoms with Crippen LogP contribution in [0.5, 0.6) is 0 Å². The first-order chi connectivity index (χ1) is 14.1. The third-order valence-corrected chi connectivity index (χ3v) is 5.96. The molecule has 2 N–H and O–H groups in total. The number of hydrogen-bond donors (Lipinski definition) is 2. The Kier molecular flexibility index (Phi) is 5.56. The average Bonchev–Trinajstić information content (AvgIpc) is 3.08. The van der Waals surface area contributed by atoms with E-state index < -0.39 is 0 Å². The van der Waals surface area contributed by atoms with Gasteiger partial charge in [0.05, 0.1) is 11.1 Å². The predicted octanol–water partition coefficient (Wildman–Crippen LogP) is 4.98. The van der Waals surface area contributed by atoms with Gasteiger partial charge in [0.1, 0.15) is 5.82 Å². The Morgan fingerprint density at radius 3 is 2.66 bits per heavy atom. The SMILES string of the molecule is CCc1[nH]c2c(CNc3ccc(C(=O)N4CCCCC4)cn3)cc(C)cc2c1C. The number of aromatic amines is 1. The minimum absolute atomic E-state index is 0.0955. The summed E-state index contributed by atoms with van der Waals surface area (Å²) in [5.41, 5.74) is 7.00. The Hall–Kier alpha value is -2.82. The van der Waals surface area contributed by atoms with Crippen LogP contribution in [0.4, 0.5) is 5.82 Å². The van der Waals surface area contributed by atoms with Crippen molar-refractivity contribution in [3.63, 3.8) is 0 Å². The molecular weight excluding hydrogens is 360 g/mol. The van der Waals surface area contributed by atoms with Crippen molar-refractivity contribution < 1.29 is 4.79 Å². The summed E-state index contributed by atoms with van der Waals surface area (Å²) in [7, 11) is 0. The van der Waals surface area contributed by atoms with Gasteiger partial charge in [-0.3, -0.25) is 4.79 Å². The zero-order chi connectivity index (χ0) is 20.4. The largest absolute Gasteiger partial charge is 0.366 e. The van der Waals surface area contributed by atoms with Crippen LogP contribution < -0.4 is 5.32 Å². The number of H-pyrrole nitrogens is 1. The van der Waals surface area contributed by atoms with E-state index in [1.54, 1.807) is 6.20 Å². The molecule has 2 aromatic heterocycles. The molecule has 29 heavy (non-hydrogen) atoms. The molecule has 0 spiro atoms. The molecule has 0 unspecified atom stereocenters. The van der Waals surface area contributed by atoms with E-state index >= 15 is 0 Å². The monoisotopic (exact) mass is 390 g/mol. The van der Waals surface area contributed by atoms with E-state index in [1.165, 1.54) is 39.7 Å². The van der Waals surface area contributed by atoms with Crippen molar-refractivity contribution in [2.75, 3.05) is 18.4 Å². The maximum absolute atomic E-state index is 12.6. The number of nitrogens with one attached hydrogen (secondary N) is 2. The fourth-order valence-corrected chi connectivity index (χ4v) is 4.30. The summed E-state index contributed by atoms with van der Waals surface area (Å²) in [4.78, 5) is 22.6. The Bertz CT molecular complexity index is 1010. The molecule has 1 aliphatic heterocycles. The third kappa shape index (κ3) is 4.00. The number of benzene rings is 1. The number of hydrogen-bond acceptors (Lipinski definition) is 3. The number of carbonyl (C=O) groups excluding carboxylic acids is 1. The summed E-state index contributed by atoms with van der Waals surface area (Å²) < 4.78 is 0. The number of pyridine rings is 1. The number of anilines is 1. The number of aryl methyl sites for hydroxylation is 3. The first kappa shape index (κ1) is 19.5. The Labute approximate surface area is 172 Å². The lowest BCUT2D eigenvalue weighted by atomic mass is 10.0. The first-order valence-corrected chi connectivity index (χ1v) is 10.7. The highest BCUT2D eigenvalue weighted by molar-refractivity contribution is 5.94. The number of amides is 1.